The molecule has 0 spiro atoms. The van der Waals surface area contributed by atoms with E-state index in [0.29, 0.717) is 11.5 Å². The number of thioether (sulfide) groups is 2. The zero-order valence-corrected chi connectivity index (χ0v) is 15.3. The number of carbonyl (C=O) groups is 2. The van der Waals surface area contributed by atoms with Crippen LogP contribution in [0.4, 0.5) is 0 Å². The van der Waals surface area contributed by atoms with Crippen LogP contribution in [0.3, 0.4) is 0 Å². The summed E-state index contributed by atoms with van der Waals surface area (Å²) in [7, 11) is 0. The topological polar surface area (TPSA) is 96.3 Å². The van der Waals surface area contributed by atoms with Crippen molar-refractivity contribution in [3.63, 3.8) is 0 Å². The van der Waals surface area contributed by atoms with E-state index in [1.54, 1.807) is 18.0 Å². The van der Waals surface area contributed by atoms with Crippen LogP contribution < -0.4 is 0 Å². The smallest absolute Gasteiger partial charge is 0.352 e. The number of thiazole rings is 1. The quantitative estimate of drug-likeness (QED) is 0.604. The molecule has 4 rings (SSSR count). The number of hydrogen-bond donors (Lipinski definition) is 1. The van der Waals surface area contributed by atoms with E-state index >= 15 is 0 Å². The van der Waals surface area contributed by atoms with Gasteiger partial charge in [0.15, 0.2) is 4.34 Å². The number of aliphatic carboxylic acids is 1. The molecule has 1 amide bonds. The van der Waals surface area contributed by atoms with E-state index in [1.807, 2.05) is 5.38 Å². The highest BCUT2D eigenvalue weighted by molar-refractivity contribution is 8.01. The van der Waals surface area contributed by atoms with Gasteiger partial charge in [0.1, 0.15) is 28.3 Å². The summed E-state index contributed by atoms with van der Waals surface area (Å²) in [5.41, 5.74) is 0.864. The fourth-order valence-corrected chi connectivity index (χ4v) is 6.49. The maximum atomic E-state index is 12.5. The molecule has 2 aliphatic rings. The summed E-state index contributed by atoms with van der Waals surface area (Å²) < 4.78 is 4.72. The van der Waals surface area contributed by atoms with E-state index in [0.717, 1.165) is 14.9 Å². The maximum Gasteiger partial charge on any atom is 0.352 e. The second-order valence-corrected chi connectivity index (χ2v) is 9.04. The molecule has 4 heterocycles. The minimum atomic E-state index is -1.06. The monoisotopic (exact) mass is 398 g/mol. The Labute approximate surface area is 153 Å². The molecular formula is C13H10N4O3S4. The predicted octanol–water partition coefficient (Wildman–Crippen LogP) is 2.12. The lowest BCUT2D eigenvalue weighted by molar-refractivity contribution is -0.148. The first-order chi connectivity index (χ1) is 11.7. The molecule has 0 saturated carbocycles. The minimum absolute atomic E-state index is 0.119. The predicted molar refractivity (Wildman–Crippen MR) is 93.2 cm³/mol. The lowest BCUT2D eigenvalue weighted by atomic mass is 9.96. The van der Waals surface area contributed by atoms with E-state index in [1.165, 1.54) is 45.9 Å². The summed E-state index contributed by atoms with van der Waals surface area (Å²) in [5.74, 6) is -0.495. The number of carboxylic acid groups (broad SMARTS) is 1. The highest BCUT2D eigenvalue weighted by Crippen LogP contribution is 2.49. The van der Waals surface area contributed by atoms with E-state index in [4.69, 9.17) is 0 Å². The third kappa shape index (κ3) is 2.65. The van der Waals surface area contributed by atoms with Gasteiger partial charge < -0.3 is 5.11 Å². The minimum Gasteiger partial charge on any atom is -0.477 e. The molecule has 2 aromatic heterocycles. The van der Waals surface area contributed by atoms with Crippen LogP contribution in [0.2, 0.25) is 0 Å². The molecule has 0 aromatic carbocycles. The number of carbonyl (C=O) groups excluding carboxylic acids is 1. The molecule has 11 heteroatoms. The van der Waals surface area contributed by atoms with Gasteiger partial charge in [-0.1, -0.05) is 11.8 Å². The molecule has 2 aromatic rings. The van der Waals surface area contributed by atoms with Crippen LogP contribution in [0.5, 0.6) is 0 Å². The third-order valence-corrected chi connectivity index (χ3v) is 7.76. The van der Waals surface area contributed by atoms with Gasteiger partial charge in [0.2, 0.25) is 5.91 Å². The van der Waals surface area contributed by atoms with Crippen molar-refractivity contribution in [1.82, 2.24) is 19.2 Å². The number of β-lactam (4-membered cyclic amide) rings is 1. The molecule has 1 fully saturated rings. The van der Waals surface area contributed by atoms with Crippen LogP contribution in [0.15, 0.2) is 33.5 Å². The molecule has 2 unspecified atom stereocenters. The highest BCUT2D eigenvalue weighted by atomic mass is 32.2. The summed E-state index contributed by atoms with van der Waals surface area (Å²) in [5, 5.41) is 12.0. The van der Waals surface area contributed by atoms with E-state index in [-0.39, 0.29) is 22.9 Å². The fourth-order valence-electron chi connectivity index (χ4n) is 2.65. The van der Waals surface area contributed by atoms with Gasteiger partial charge in [-0.2, -0.15) is 4.37 Å². The lowest BCUT2D eigenvalue weighted by Gasteiger charge is -2.48. The SMILES string of the molecule is O=C(O)C1=C(CSc2ncns2)CSC2C(c3nccs3)C(=O)N12. The Morgan fingerprint density at radius 3 is 3.00 bits per heavy atom. The van der Waals surface area contributed by atoms with Gasteiger partial charge in [0, 0.05) is 23.1 Å². The summed E-state index contributed by atoms with van der Waals surface area (Å²) in [6.45, 7) is 0. The van der Waals surface area contributed by atoms with Crippen LogP contribution in [0.25, 0.3) is 0 Å². The molecule has 1 saturated heterocycles. The van der Waals surface area contributed by atoms with Crippen molar-refractivity contribution in [3.8, 4) is 0 Å². The molecule has 7 nitrogen and oxygen atoms in total. The summed E-state index contributed by atoms with van der Waals surface area (Å²) in [4.78, 5) is 34.0. The van der Waals surface area contributed by atoms with Crippen LogP contribution in [0, 0.1) is 0 Å². The van der Waals surface area contributed by atoms with Gasteiger partial charge in [0.05, 0.1) is 0 Å². The zero-order chi connectivity index (χ0) is 16.7. The van der Waals surface area contributed by atoms with Crippen molar-refractivity contribution >= 4 is 58.3 Å². The average Bonchev–Trinajstić information content (AvgIpc) is 3.25. The normalized spacial score (nSPS) is 23.2. The first kappa shape index (κ1) is 16.1. The number of carboxylic acids is 1. The van der Waals surface area contributed by atoms with Crippen molar-refractivity contribution in [2.24, 2.45) is 0 Å². The summed E-state index contributed by atoms with van der Waals surface area (Å²) >= 11 is 5.74. The Balaban J connectivity index is 1.58. The molecule has 1 N–H and O–H groups in total. The number of aromatic nitrogens is 3. The van der Waals surface area contributed by atoms with Crippen molar-refractivity contribution in [3.05, 3.63) is 34.2 Å². The van der Waals surface area contributed by atoms with E-state index in [2.05, 4.69) is 14.3 Å². The number of hydrogen-bond acceptors (Lipinski definition) is 9. The van der Waals surface area contributed by atoms with Crippen LogP contribution in [-0.2, 0) is 9.59 Å². The van der Waals surface area contributed by atoms with Gasteiger partial charge in [-0.15, -0.1) is 23.1 Å². The Bertz CT molecular complexity index is 805. The first-order valence-corrected chi connectivity index (χ1v) is 10.5. The van der Waals surface area contributed by atoms with Crippen LogP contribution in [-0.4, -0.2) is 53.1 Å². The van der Waals surface area contributed by atoms with Gasteiger partial charge >= 0.3 is 5.97 Å². The van der Waals surface area contributed by atoms with E-state index < -0.39 is 5.97 Å². The molecule has 2 atom stereocenters. The van der Waals surface area contributed by atoms with Crippen LogP contribution >= 0.6 is 46.4 Å². The number of fused-ring (bicyclic) bond motifs is 1. The zero-order valence-electron chi connectivity index (χ0n) is 12.0. The Hall–Kier alpha value is -1.43. The summed E-state index contributed by atoms with van der Waals surface area (Å²) in [6, 6.07) is 0. The third-order valence-electron chi connectivity index (χ3n) is 3.68. The second-order valence-electron chi connectivity index (χ2n) is 5.01. The highest BCUT2D eigenvalue weighted by Gasteiger charge is 2.55. The molecule has 124 valence electrons. The first-order valence-electron chi connectivity index (χ1n) is 6.85. The molecule has 0 radical (unpaired) electrons. The van der Waals surface area contributed by atoms with Crippen LogP contribution in [0.1, 0.15) is 10.9 Å². The van der Waals surface area contributed by atoms with Crippen molar-refractivity contribution in [2.75, 3.05) is 11.5 Å². The molecular weight excluding hydrogens is 388 g/mol. The Morgan fingerprint density at radius 1 is 1.46 bits per heavy atom. The molecule has 0 bridgehead atoms. The number of rotatable bonds is 5. The second kappa shape index (κ2) is 6.47. The number of amides is 1. The molecule has 2 aliphatic heterocycles. The Morgan fingerprint density at radius 2 is 2.33 bits per heavy atom. The molecule has 24 heavy (non-hydrogen) atoms. The fraction of sp³-hybridized carbons (Fsp3) is 0.308. The van der Waals surface area contributed by atoms with Gasteiger partial charge in [-0.25, -0.2) is 14.8 Å². The Kier molecular flexibility index (Phi) is 4.33. The van der Waals surface area contributed by atoms with E-state index in [9.17, 15) is 14.7 Å². The largest absolute Gasteiger partial charge is 0.477 e. The van der Waals surface area contributed by atoms with Crippen molar-refractivity contribution in [2.45, 2.75) is 15.6 Å². The summed E-state index contributed by atoms with van der Waals surface area (Å²) in [6.07, 6.45) is 3.14. The van der Waals surface area contributed by atoms with Gasteiger partial charge in [0.25, 0.3) is 0 Å². The standard InChI is InChI=1S/C13H10N4O3S4/c18-10-7(9-14-1-2-21-9)11-17(10)8(12(19)20)6(3-22-11)4-23-13-15-5-16-24-13/h1-2,5,7,11H,3-4H2,(H,19,20). The number of nitrogens with zero attached hydrogens (tertiary/aromatic N) is 4. The van der Waals surface area contributed by atoms with Gasteiger partial charge in [-0.3, -0.25) is 9.69 Å². The maximum absolute atomic E-state index is 12.5. The van der Waals surface area contributed by atoms with Gasteiger partial charge in [-0.05, 0) is 17.1 Å². The average molecular weight is 399 g/mol. The lowest BCUT2D eigenvalue weighted by Crippen LogP contribution is -2.60. The van der Waals surface area contributed by atoms with Crippen molar-refractivity contribution in [1.29, 1.82) is 0 Å². The van der Waals surface area contributed by atoms with Crippen molar-refractivity contribution < 1.29 is 14.7 Å². The molecule has 0 aliphatic carbocycles.